The molecule has 0 fully saturated rings. The van der Waals surface area contributed by atoms with Gasteiger partial charge in [0.05, 0.1) is 20.6 Å². The van der Waals surface area contributed by atoms with Gasteiger partial charge in [-0.1, -0.05) is 30.3 Å². The Hall–Kier alpha value is -3.12. The molecule has 0 bridgehead atoms. The van der Waals surface area contributed by atoms with Gasteiger partial charge in [-0.3, -0.25) is 4.79 Å². The largest absolute Gasteiger partial charge is 0.483 e. The highest BCUT2D eigenvalue weighted by Gasteiger charge is 2.16. The van der Waals surface area contributed by atoms with E-state index in [0.717, 1.165) is 29.5 Å². The molecule has 0 saturated heterocycles. The van der Waals surface area contributed by atoms with Crippen LogP contribution in [0.15, 0.2) is 51.7 Å². The van der Waals surface area contributed by atoms with Crippen LogP contribution in [0.1, 0.15) is 28.7 Å². The van der Waals surface area contributed by atoms with Crippen molar-refractivity contribution in [2.24, 2.45) is 0 Å². The molecule has 6 heteroatoms. The third-order valence-electron chi connectivity index (χ3n) is 5.41. The number of benzene rings is 2. The van der Waals surface area contributed by atoms with E-state index in [1.54, 1.807) is 0 Å². The van der Waals surface area contributed by atoms with Gasteiger partial charge in [0, 0.05) is 35.9 Å². The Bertz CT molecular complexity index is 1100. The van der Waals surface area contributed by atoms with Gasteiger partial charge in [-0.25, -0.2) is 4.79 Å². The second-order valence-electron chi connectivity index (χ2n) is 8.17. The zero-order chi connectivity index (χ0) is 22.4. The van der Waals surface area contributed by atoms with Gasteiger partial charge in [-0.2, -0.15) is 0 Å². The number of aryl methyl sites for hydroxylation is 2. The highest BCUT2D eigenvalue weighted by atomic mass is 16.5. The first-order chi connectivity index (χ1) is 14.9. The van der Waals surface area contributed by atoms with Gasteiger partial charge in [0.15, 0.2) is 6.61 Å². The second kappa shape index (κ2) is 10.3. The zero-order valence-electron chi connectivity index (χ0n) is 18.7. The highest BCUT2D eigenvalue weighted by molar-refractivity contribution is 5.86. The lowest BCUT2D eigenvalue weighted by Gasteiger charge is -2.13. The molecular weight excluding hydrogens is 392 g/mol. The standard InChI is InChI=1S/C25H30N2O4/c1-17-20-11-12-22(30-16-23(28)26-13-8-14-27(3)4)18(2)24(20)31-25(29)21(17)15-19-9-6-5-7-10-19/h5-7,9-12H,8,13-16H2,1-4H3,(H,26,28)/p+1. The number of carbonyl (C=O) groups is 1. The molecule has 0 saturated carbocycles. The molecule has 1 heterocycles. The SMILES string of the molecule is Cc1c(Cc2ccccc2)c(=O)oc2c(C)c(OCC(=O)NCCC[NH+](C)C)ccc12. The lowest BCUT2D eigenvalue weighted by Crippen LogP contribution is -3.05. The number of hydrogen-bond donors (Lipinski definition) is 2. The summed E-state index contributed by atoms with van der Waals surface area (Å²) in [7, 11) is 4.16. The van der Waals surface area contributed by atoms with E-state index in [0.29, 0.717) is 35.4 Å². The van der Waals surface area contributed by atoms with Gasteiger partial charge in [0.1, 0.15) is 11.3 Å². The number of rotatable bonds is 9. The number of amides is 1. The van der Waals surface area contributed by atoms with Gasteiger partial charge < -0.3 is 19.4 Å². The maximum Gasteiger partial charge on any atom is 0.340 e. The minimum atomic E-state index is -0.338. The predicted molar refractivity (Wildman–Crippen MR) is 122 cm³/mol. The summed E-state index contributed by atoms with van der Waals surface area (Å²) in [5.41, 5.74) is 3.51. The van der Waals surface area contributed by atoms with Gasteiger partial charge in [0.2, 0.25) is 0 Å². The van der Waals surface area contributed by atoms with Crippen LogP contribution < -0.4 is 20.6 Å². The summed E-state index contributed by atoms with van der Waals surface area (Å²) in [4.78, 5) is 26.1. The Balaban J connectivity index is 1.74. The van der Waals surface area contributed by atoms with Crippen LogP contribution in [0, 0.1) is 13.8 Å². The molecule has 0 unspecified atom stereocenters. The number of fused-ring (bicyclic) bond motifs is 1. The highest BCUT2D eigenvalue weighted by Crippen LogP contribution is 2.30. The quantitative estimate of drug-likeness (QED) is 0.408. The molecule has 0 spiro atoms. The van der Waals surface area contributed by atoms with Crippen molar-refractivity contribution in [1.29, 1.82) is 0 Å². The van der Waals surface area contributed by atoms with Crippen molar-refractivity contribution in [2.75, 3.05) is 33.8 Å². The van der Waals surface area contributed by atoms with Gasteiger partial charge >= 0.3 is 5.63 Å². The molecule has 0 aliphatic carbocycles. The summed E-state index contributed by atoms with van der Waals surface area (Å²) in [5.74, 6) is 0.378. The Kier molecular flexibility index (Phi) is 7.47. The maximum absolute atomic E-state index is 12.7. The van der Waals surface area contributed by atoms with Crippen LogP contribution in [0.25, 0.3) is 11.0 Å². The molecule has 0 aliphatic heterocycles. The molecule has 1 amide bonds. The monoisotopic (exact) mass is 423 g/mol. The number of hydrogen-bond acceptors (Lipinski definition) is 4. The lowest BCUT2D eigenvalue weighted by molar-refractivity contribution is -0.858. The van der Waals surface area contributed by atoms with Crippen molar-refractivity contribution in [3.05, 3.63) is 75.1 Å². The Morgan fingerprint density at radius 3 is 2.52 bits per heavy atom. The van der Waals surface area contributed by atoms with Gasteiger partial charge in [-0.05, 0) is 37.1 Å². The number of carbonyl (C=O) groups excluding carboxylic acids is 1. The summed E-state index contributed by atoms with van der Waals surface area (Å²) >= 11 is 0. The molecule has 0 radical (unpaired) electrons. The van der Waals surface area contributed by atoms with E-state index in [9.17, 15) is 9.59 Å². The maximum atomic E-state index is 12.7. The summed E-state index contributed by atoms with van der Waals surface area (Å²) in [6, 6.07) is 13.6. The zero-order valence-corrected chi connectivity index (χ0v) is 18.7. The topological polar surface area (TPSA) is 73.0 Å². The van der Waals surface area contributed by atoms with E-state index in [1.165, 1.54) is 4.90 Å². The van der Waals surface area contributed by atoms with E-state index in [-0.39, 0.29) is 18.1 Å². The third-order valence-corrected chi connectivity index (χ3v) is 5.41. The molecule has 6 nitrogen and oxygen atoms in total. The number of ether oxygens (including phenoxy) is 1. The minimum absolute atomic E-state index is 0.0729. The molecular formula is C25H31N2O4+. The predicted octanol–water partition coefficient (Wildman–Crippen LogP) is 2.03. The summed E-state index contributed by atoms with van der Waals surface area (Å²) < 4.78 is 11.4. The van der Waals surface area contributed by atoms with Crippen LogP contribution in [0.4, 0.5) is 0 Å². The molecule has 3 aromatic rings. The molecule has 3 rings (SSSR count). The molecule has 0 aliphatic rings. The van der Waals surface area contributed by atoms with E-state index in [4.69, 9.17) is 9.15 Å². The van der Waals surface area contributed by atoms with Crippen LogP contribution in [-0.2, 0) is 11.2 Å². The van der Waals surface area contributed by atoms with Gasteiger partial charge in [0.25, 0.3) is 5.91 Å². The van der Waals surface area contributed by atoms with Crippen LogP contribution in [0.5, 0.6) is 5.75 Å². The van der Waals surface area contributed by atoms with Crippen molar-refractivity contribution in [2.45, 2.75) is 26.7 Å². The van der Waals surface area contributed by atoms with Crippen LogP contribution in [0.3, 0.4) is 0 Å². The lowest BCUT2D eigenvalue weighted by atomic mass is 9.98. The fraction of sp³-hybridized carbons (Fsp3) is 0.360. The first-order valence-corrected chi connectivity index (χ1v) is 10.6. The van der Waals surface area contributed by atoms with Crippen molar-refractivity contribution >= 4 is 16.9 Å². The molecule has 1 aromatic heterocycles. The van der Waals surface area contributed by atoms with Crippen LogP contribution >= 0.6 is 0 Å². The minimum Gasteiger partial charge on any atom is -0.483 e. The first kappa shape index (κ1) is 22.6. The van der Waals surface area contributed by atoms with E-state index >= 15 is 0 Å². The average molecular weight is 424 g/mol. The van der Waals surface area contributed by atoms with Crippen molar-refractivity contribution in [1.82, 2.24) is 5.32 Å². The Morgan fingerprint density at radius 1 is 1.06 bits per heavy atom. The van der Waals surface area contributed by atoms with E-state index in [1.807, 2.05) is 56.3 Å². The molecule has 31 heavy (non-hydrogen) atoms. The third kappa shape index (κ3) is 5.73. The smallest absolute Gasteiger partial charge is 0.340 e. The second-order valence-corrected chi connectivity index (χ2v) is 8.17. The van der Waals surface area contributed by atoms with E-state index in [2.05, 4.69) is 19.4 Å². The van der Waals surface area contributed by atoms with Crippen LogP contribution in [-0.4, -0.2) is 39.7 Å². The van der Waals surface area contributed by atoms with E-state index < -0.39 is 0 Å². The van der Waals surface area contributed by atoms with Crippen molar-refractivity contribution in [3.8, 4) is 5.75 Å². The Morgan fingerprint density at radius 2 is 1.81 bits per heavy atom. The number of nitrogens with one attached hydrogen (secondary N) is 2. The normalized spacial score (nSPS) is 11.1. The fourth-order valence-electron chi connectivity index (χ4n) is 3.60. The molecule has 2 N–H and O–H groups in total. The summed E-state index contributed by atoms with van der Waals surface area (Å²) in [5, 5.41) is 3.74. The molecule has 164 valence electrons. The fourth-order valence-corrected chi connectivity index (χ4v) is 3.60. The van der Waals surface area contributed by atoms with Crippen molar-refractivity contribution in [3.63, 3.8) is 0 Å². The van der Waals surface area contributed by atoms with Crippen molar-refractivity contribution < 1.29 is 18.8 Å². The van der Waals surface area contributed by atoms with Gasteiger partial charge in [-0.15, -0.1) is 0 Å². The number of quaternary nitrogens is 1. The Labute approximate surface area is 182 Å². The summed E-state index contributed by atoms with van der Waals surface area (Å²) in [6.07, 6.45) is 1.44. The average Bonchev–Trinajstić information content (AvgIpc) is 2.75. The summed E-state index contributed by atoms with van der Waals surface area (Å²) in [6.45, 7) is 5.34. The van der Waals surface area contributed by atoms with Crippen LogP contribution in [0.2, 0.25) is 0 Å². The molecule has 2 aromatic carbocycles. The first-order valence-electron chi connectivity index (χ1n) is 10.6. The molecule has 0 atom stereocenters.